The zero-order valence-electron chi connectivity index (χ0n) is 21.6. The van der Waals surface area contributed by atoms with Crippen molar-refractivity contribution in [2.45, 2.75) is 90.0 Å². The maximum atomic E-state index is 12.7. The molecule has 0 aromatic carbocycles. The fourth-order valence-corrected chi connectivity index (χ4v) is 9.21. The van der Waals surface area contributed by atoms with E-state index in [2.05, 4.69) is 30.1 Å². The van der Waals surface area contributed by atoms with E-state index in [-0.39, 0.29) is 16.9 Å². The van der Waals surface area contributed by atoms with Crippen LogP contribution in [0.4, 0.5) is 0 Å². The van der Waals surface area contributed by atoms with Gasteiger partial charge in [0.2, 0.25) is 5.91 Å². The molecule has 6 rings (SSSR count). The smallest absolute Gasteiger partial charge is 0.335 e. The van der Waals surface area contributed by atoms with Crippen LogP contribution in [0.15, 0.2) is 39.3 Å². The summed E-state index contributed by atoms with van der Waals surface area (Å²) in [6, 6.07) is 3.93. The number of nitrogens with one attached hydrogen (secondary N) is 1. The molecular formula is C30H42N2O3. The predicted octanol–water partition coefficient (Wildman–Crippen LogP) is 5.27. The largest absolute Gasteiger partial charge is 0.431 e. The zero-order valence-corrected chi connectivity index (χ0v) is 21.6. The van der Waals surface area contributed by atoms with Gasteiger partial charge in [0.25, 0.3) is 0 Å². The first-order chi connectivity index (χ1) is 16.9. The van der Waals surface area contributed by atoms with Gasteiger partial charge >= 0.3 is 5.63 Å². The molecule has 190 valence electrons. The SMILES string of the molecule is C[C@]12CC[C@H](NC(=O)CN3CCCC3)C[C@H]1CC[C@H]1C3=CC[C@H](c4ccc(=O)oc4)[C@@]3(C)CC[C@@H]12. The molecule has 0 bridgehead atoms. The summed E-state index contributed by atoms with van der Waals surface area (Å²) in [7, 11) is 0. The molecule has 5 nitrogen and oxygen atoms in total. The molecule has 5 aliphatic rings. The first-order valence-electron chi connectivity index (χ1n) is 14.2. The molecule has 0 radical (unpaired) electrons. The summed E-state index contributed by atoms with van der Waals surface area (Å²) in [5, 5.41) is 3.42. The van der Waals surface area contributed by atoms with Gasteiger partial charge < -0.3 is 9.73 Å². The van der Waals surface area contributed by atoms with Gasteiger partial charge in [0.15, 0.2) is 0 Å². The summed E-state index contributed by atoms with van der Waals surface area (Å²) in [4.78, 5) is 26.5. The highest BCUT2D eigenvalue weighted by molar-refractivity contribution is 5.78. The van der Waals surface area contributed by atoms with Crippen LogP contribution in [0.3, 0.4) is 0 Å². The lowest BCUT2D eigenvalue weighted by Crippen LogP contribution is -2.54. The average Bonchev–Trinajstić information content (AvgIpc) is 3.47. The number of likely N-dealkylation sites (tertiary alicyclic amines) is 1. The van der Waals surface area contributed by atoms with Crippen LogP contribution in [0.25, 0.3) is 0 Å². The standard InChI is InChI=1S/C30H42N2O3/c1-29-13-11-22(31-27(33)18-32-15-3-4-16-32)17-21(29)6-7-23-25-9-8-24(20-5-10-28(34)35-19-20)30(25,2)14-12-26(23)29/h5,9-10,19,21-24,26H,3-4,6-8,11-18H2,1-2H3,(H,31,33)/t21-,22+,23+,24-,26+,29+,30-/m1/s1. The minimum Gasteiger partial charge on any atom is -0.431 e. The summed E-state index contributed by atoms with van der Waals surface area (Å²) in [6.45, 7) is 7.80. The van der Waals surface area contributed by atoms with Crippen LogP contribution < -0.4 is 10.9 Å². The van der Waals surface area contributed by atoms with Crippen LogP contribution in [0.5, 0.6) is 0 Å². The van der Waals surface area contributed by atoms with Gasteiger partial charge in [0.05, 0.1) is 12.8 Å². The van der Waals surface area contributed by atoms with E-state index >= 15 is 0 Å². The van der Waals surface area contributed by atoms with E-state index in [9.17, 15) is 9.59 Å². The Balaban J connectivity index is 1.13. The Kier molecular flexibility index (Phi) is 5.98. The van der Waals surface area contributed by atoms with Crippen molar-refractivity contribution in [2.75, 3.05) is 19.6 Å². The Morgan fingerprint density at radius 3 is 2.71 bits per heavy atom. The fraction of sp³-hybridized carbons (Fsp3) is 0.733. The summed E-state index contributed by atoms with van der Waals surface area (Å²) in [5.74, 6) is 2.84. The van der Waals surface area contributed by atoms with Crippen LogP contribution in [-0.2, 0) is 4.79 Å². The molecule has 1 amide bonds. The Morgan fingerprint density at radius 2 is 1.94 bits per heavy atom. The van der Waals surface area contributed by atoms with Crippen LogP contribution in [-0.4, -0.2) is 36.5 Å². The number of nitrogens with zero attached hydrogens (tertiary/aromatic N) is 1. The molecule has 3 saturated carbocycles. The third-order valence-corrected chi connectivity index (χ3v) is 11.1. The van der Waals surface area contributed by atoms with Crippen LogP contribution >= 0.6 is 0 Å². The quantitative estimate of drug-likeness (QED) is 0.599. The zero-order chi connectivity index (χ0) is 24.2. The number of carbonyl (C=O) groups excluding carboxylic acids is 1. The molecule has 2 heterocycles. The Labute approximate surface area is 209 Å². The third-order valence-electron chi connectivity index (χ3n) is 11.1. The van der Waals surface area contributed by atoms with Crippen molar-refractivity contribution in [2.24, 2.45) is 28.6 Å². The van der Waals surface area contributed by atoms with Crippen molar-refractivity contribution >= 4 is 5.91 Å². The number of rotatable bonds is 4. The molecule has 1 N–H and O–H groups in total. The monoisotopic (exact) mass is 478 g/mol. The number of hydrogen-bond donors (Lipinski definition) is 1. The molecule has 5 heteroatoms. The number of amides is 1. The van der Waals surface area contributed by atoms with Crippen LogP contribution in [0, 0.1) is 28.6 Å². The van der Waals surface area contributed by atoms with Gasteiger partial charge in [-0.2, -0.15) is 0 Å². The Hall–Kier alpha value is -1.88. The van der Waals surface area contributed by atoms with E-state index in [0.717, 1.165) is 44.2 Å². The van der Waals surface area contributed by atoms with Crippen molar-refractivity contribution in [3.05, 3.63) is 46.0 Å². The number of hydrogen-bond acceptors (Lipinski definition) is 4. The molecule has 4 fully saturated rings. The van der Waals surface area contributed by atoms with E-state index in [4.69, 9.17) is 4.42 Å². The molecule has 0 spiro atoms. The third kappa shape index (κ3) is 4.02. The first kappa shape index (κ1) is 23.5. The minimum atomic E-state index is -0.261. The molecule has 0 unspecified atom stereocenters. The fourth-order valence-electron chi connectivity index (χ4n) is 9.21. The van der Waals surface area contributed by atoms with Crippen LogP contribution in [0.1, 0.15) is 89.5 Å². The molecule has 1 aromatic heterocycles. The van der Waals surface area contributed by atoms with E-state index < -0.39 is 0 Å². The maximum absolute atomic E-state index is 12.7. The van der Waals surface area contributed by atoms with E-state index in [1.165, 1.54) is 50.5 Å². The van der Waals surface area contributed by atoms with Crippen molar-refractivity contribution in [3.63, 3.8) is 0 Å². The average molecular weight is 479 g/mol. The van der Waals surface area contributed by atoms with Gasteiger partial charge in [-0.3, -0.25) is 9.69 Å². The number of fused-ring (bicyclic) bond motifs is 5. The van der Waals surface area contributed by atoms with Crippen molar-refractivity contribution < 1.29 is 9.21 Å². The predicted molar refractivity (Wildman–Crippen MR) is 137 cm³/mol. The normalized spacial score (nSPS) is 41.0. The lowest BCUT2D eigenvalue weighted by atomic mass is 9.45. The van der Waals surface area contributed by atoms with Crippen molar-refractivity contribution in [3.8, 4) is 0 Å². The number of carbonyl (C=O) groups is 1. The van der Waals surface area contributed by atoms with Gasteiger partial charge in [-0.25, -0.2) is 4.79 Å². The highest BCUT2D eigenvalue weighted by Crippen LogP contribution is 2.67. The molecule has 4 aliphatic carbocycles. The van der Waals surface area contributed by atoms with E-state index in [1.54, 1.807) is 17.9 Å². The summed E-state index contributed by atoms with van der Waals surface area (Å²) in [6.07, 6.45) is 16.4. The van der Waals surface area contributed by atoms with Gasteiger partial charge in [0, 0.05) is 12.1 Å². The van der Waals surface area contributed by atoms with Crippen LogP contribution in [0.2, 0.25) is 0 Å². The van der Waals surface area contributed by atoms with E-state index in [1.807, 2.05) is 6.07 Å². The second-order valence-electron chi connectivity index (χ2n) is 12.8. The lowest BCUT2D eigenvalue weighted by Gasteiger charge is -2.60. The molecule has 1 saturated heterocycles. The minimum absolute atomic E-state index is 0.186. The highest BCUT2D eigenvalue weighted by Gasteiger charge is 2.57. The molecule has 1 aromatic rings. The summed E-state index contributed by atoms with van der Waals surface area (Å²) in [5.41, 5.74) is 3.19. The molecule has 7 atom stereocenters. The topological polar surface area (TPSA) is 62.6 Å². The lowest BCUT2D eigenvalue weighted by molar-refractivity contribution is -0.124. The second-order valence-corrected chi connectivity index (χ2v) is 12.8. The van der Waals surface area contributed by atoms with Gasteiger partial charge in [-0.15, -0.1) is 0 Å². The first-order valence-corrected chi connectivity index (χ1v) is 14.2. The van der Waals surface area contributed by atoms with Gasteiger partial charge in [-0.05, 0) is 123 Å². The summed E-state index contributed by atoms with van der Waals surface area (Å²) < 4.78 is 5.25. The summed E-state index contributed by atoms with van der Waals surface area (Å²) >= 11 is 0. The van der Waals surface area contributed by atoms with Crippen molar-refractivity contribution in [1.29, 1.82) is 0 Å². The van der Waals surface area contributed by atoms with Gasteiger partial charge in [0.1, 0.15) is 0 Å². The highest BCUT2D eigenvalue weighted by atomic mass is 16.4. The number of allylic oxidation sites excluding steroid dienone is 2. The molecular weight excluding hydrogens is 436 g/mol. The Bertz CT molecular complexity index is 1040. The second kappa shape index (κ2) is 8.90. The van der Waals surface area contributed by atoms with Crippen molar-refractivity contribution in [1.82, 2.24) is 10.2 Å². The Morgan fingerprint density at radius 1 is 1.11 bits per heavy atom. The molecule has 1 aliphatic heterocycles. The maximum Gasteiger partial charge on any atom is 0.335 e. The molecule has 35 heavy (non-hydrogen) atoms. The van der Waals surface area contributed by atoms with Gasteiger partial charge in [-0.1, -0.05) is 25.5 Å². The van der Waals surface area contributed by atoms with E-state index in [0.29, 0.717) is 29.8 Å².